The number of alkyl halides is 1. The third kappa shape index (κ3) is 3.56. The van der Waals surface area contributed by atoms with Crippen LogP contribution in [0.5, 0.6) is 0 Å². The summed E-state index contributed by atoms with van der Waals surface area (Å²) in [5.74, 6) is 0.135. The fourth-order valence-corrected chi connectivity index (χ4v) is 4.92. The number of carbonyl (C=O) groups excluding carboxylic acids is 1. The molecule has 0 radical (unpaired) electrons. The normalized spacial score (nSPS) is 24.9. The summed E-state index contributed by atoms with van der Waals surface area (Å²) in [6.07, 6.45) is 4.70. The number of nitrogens with one attached hydrogen (secondary N) is 1. The van der Waals surface area contributed by atoms with Crippen molar-refractivity contribution in [3.05, 3.63) is 59.7 Å². The lowest BCUT2D eigenvalue weighted by atomic mass is 9.98. The monoisotopic (exact) mass is 474 g/mol. The van der Waals surface area contributed by atoms with Crippen LogP contribution in [0.2, 0.25) is 0 Å². The number of nitrogens with zero attached hydrogens (tertiary/aromatic N) is 5. The standard InChI is InChI=1S/C25H23FN6O3/c1-13-2-3-14(23-29-25(35-30-23)18-9-20(18)26)6-21(13)28-24(33)19-10-27-32-5-4-15(7-22(19)32)31-11-16-8-17(12-31)34-16/h2-7,10,16-18,20H,8-9,11-12H2,1H3,(H,28,33)/t16?,17?,18-,20-/m0/s1. The molecule has 3 aromatic heterocycles. The van der Waals surface area contributed by atoms with Crippen LogP contribution in [0, 0.1) is 6.92 Å². The number of amides is 1. The first-order valence-corrected chi connectivity index (χ1v) is 11.8. The summed E-state index contributed by atoms with van der Waals surface area (Å²) in [5, 5.41) is 11.4. The van der Waals surface area contributed by atoms with Crippen LogP contribution in [-0.2, 0) is 4.74 Å². The van der Waals surface area contributed by atoms with Gasteiger partial charge >= 0.3 is 0 Å². The van der Waals surface area contributed by atoms with Gasteiger partial charge in [-0.05, 0) is 37.1 Å². The number of hydrogen-bond donors (Lipinski definition) is 1. The van der Waals surface area contributed by atoms with Gasteiger partial charge < -0.3 is 19.5 Å². The first-order chi connectivity index (χ1) is 17.0. The number of benzene rings is 1. The minimum atomic E-state index is -0.906. The number of halogens is 1. The van der Waals surface area contributed by atoms with E-state index in [0.29, 0.717) is 47.2 Å². The molecule has 4 aliphatic rings. The van der Waals surface area contributed by atoms with E-state index in [4.69, 9.17) is 9.26 Å². The predicted molar refractivity (Wildman–Crippen MR) is 125 cm³/mol. The van der Waals surface area contributed by atoms with Gasteiger partial charge in [0.15, 0.2) is 0 Å². The summed E-state index contributed by atoms with van der Waals surface area (Å²) < 4.78 is 26.0. The number of anilines is 2. The maximum absolute atomic E-state index is 13.3. The molecule has 1 amide bonds. The van der Waals surface area contributed by atoms with Crippen molar-refractivity contribution in [1.29, 1.82) is 0 Å². The van der Waals surface area contributed by atoms with Crippen LogP contribution in [0.4, 0.5) is 15.8 Å². The van der Waals surface area contributed by atoms with Crippen molar-refractivity contribution < 1.29 is 18.4 Å². The molecule has 10 heteroatoms. The molecule has 0 spiro atoms. The molecule has 1 aromatic carbocycles. The smallest absolute Gasteiger partial charge is 0.259 e. The summed E-state index contributed by atoms with van der Waals surface area (Å²) in [6, 6.07) is 9.57. The van der Waals surface area contributed by atoms with Crippen molar-refractivity contribution in [2.24, 2.45) is 0 Å². The maximum Gasteiger partial charge on any atom is 0.259 e. The molecule has 8 rings (SSSR count). The van der Waals surface area contributed by atoms with Crippen molar-refractivity contribution >= 4 is 22.8 Å². The van der Waals surface area contributed by atoms with Crippen LogP contribution in [0.15, 0.2) is 47.2 Å². The van der Waals surface area contributed by atoms with Gasteiger partial charge in [0.2, 0.25) is 11.7 Å². The SMILES string of the molecule is Cc1ccc(-c2noc([C@H]3C[C@@H]3F)n2)cc1NC(=O)c1cnn2ccc(N3CC4CC(C3)O4)cc12. The highest BCUT2D eigenvalue weighted by molar-refractivity contribution is 6.09. The quantitative estimate of drug-likeness (QED) is 0.470. The number of aryl methyl sites for hydroxylation is 1. The predicted octanol–water partition coefficient (Wildman–Crippen LogP) is 3.75. The summed E-state index contributed by atoms with van der Waals surface area (Å²) in [7, 11) is 0. The van der Waals surface area contributed by atoms with E-state index in [9.17, 15) is 9.18 Å². The molecule has 35 heavy (non-hydrogen) atoms. The van der Waals surface area contributed by atoms with Crippen molar-refractivity contribution in [3.8, 4) is 11.4 Å². The zero-order valence-electron chi connectivity index (χ0n) is 19.0. The van der Waals surface area contributed by atoms with Crippen molar-refractivity contribution in [2.45, 2.75) is 44.1 Å². The highest BCUT2D eigenvalue weighted by Crippen LogP contribution is 2.43. The molecule has 178 valence electrons. The molecule has 1 aliphatic carbocycles. The molecule has 6 heterocycles. The Morgan fingerprint density at radius 2 is 1.97 bits per heavy atom. The molecular weight excluding hydrogens is 451 g/mol. The number of fused-ring (bicyclic) bond motifs is 3. The molecule has 2 unspecified atom stereocenters. The van der Waals surface area contributed by atoms with Gasteiger partial charge in [-0.15, -0.1) is 0 Å². The van der Waals surface area contributed by atoms with E-state index >= 15 is 0 Å². The summed E-state index contributed by atoms with van der Waals surface area (Å²) in [5.41, 5.74) is 4.49. The number of carbonyl (C=O) groups is 1. The van der Waals surface area contributed by atoms with Crippen LogP contribution in [0.25, 0.3) is 16.9 Å². The van der Waals surface area contributed by atoms with E-state index in [2.05, 4.69) is 25.5 Å². The van der Waals surface area contributed by atoms with Crippen LogP contribution >= 0.6 is 0 Å². The van der Waals surface area contributed by atoms with E-state index in [1.165, 1.54) is 0 Å². The second-order valence-electron chi connectivity index (χ2n) is 9.59. The molecule has 1 saturated carbocycles. The van der Waals surface area contributed by atoms with E-state index in [1.807, 2.05) is 37.4 Å². The fourth-order valence-electron chi connectivity index (χ4n) is 4.92. The number of morpholine rings is 1. The lowest BCUT2D eigenvalue weighted by molar-refractivity contribution is -0.133. The summed E-state index contributed by atoms with van der Waals surface area (Å²) in [6.45, 7) is 3.63. The Morgan fingerprint density at radius 3 is 2.74 bits per heavy atom. The van der Waals surface area contributed by atoms with E-state index in [0.717, 1.165) is 36.3 Å². The molecule has 4 aromatic rings. The van der Waals surface area contributed by atoms with Crippen LogP contribution < -0.4 is 10.2 Å². The number of piperidine rings is 1. The van der Waals surface area contributed by atoms with E-state index in [1.54, 1.807) is 16.8 Å². The van der Waals surface area contributed by atoms with Gasteiger partial charge in [0, 0.05) is 42.6 Å². The maximum atomic E-state index is 13.3. The molecule has 2 bridgehead atoms. The third-order valence-electron chi connectivity index (χ3n) is 7.09. The topological polar surface area (TPSA) is 97.8 Å². The van der Waals surface area contributed by atoms with E-state index in [-0.39, 0.29) is 11.8 Å². The molecular formula is C25H23FN6O3. The zero-order chi connectivity index (χ0) is 23.7. The van der Waals surface area contributed by atoms with E-state index < -0.39 is 6.17 Å². The van der Waals surface area contributed by atoms with Crippen LogP contribution in [0.3, 0.4) is 0 Å². The molecule has 9 nitrogen and oxygen atoms in total. The van der Waals surface area contributed by atoms with Gasteiger partial charge in [-0.3, -0.25) is 4.79 Å². The Labute approximate surface area is 199 Å². The average Bonchev–Trinajstić information content (AvgIpc) is 3.24. The molecule has 1 N–H and O–H groups in total. The molecule has 4 fully saturated rings. The second-order valence-corrected chi connectivity index (χ2v) is 9.59. The largest absolute Gasteiger partial charge is 0.371 e. The Balaban J connectivity index is 1.15. The van der Waals surface area contributed by atoms with Crippen molar-refractivity contribution in [2.75, 3.05) is 23.3 Å². The van der Waals surface area contributed by atoms with Crippen LogP contribution in [0.1, 0.15) is 40.6 Å². The zero-order valence-corrected chi connectivity index (χ0v) is 19.0. The molecule has 4 atom stereocenters. The minimum Gasteiger partial charge on any atom is -0.371 e. The highest BCUT2D eigenvalue weighted by Gasteiger charge is 2.43. The molecule has 3 aliphatic heterocycles. The Kier molecular flexibility index (Phi) is 4.47. The van der Waals surface area contributed by atoms with Gasteiger partial charge in [-0.1, -0.05) is 17.3 Å². The van der Waals surface area contributed by atoms with Crippen LogP contribution in [-0.4, -0.2) is 57.1 Å². The highest BCUT2D eigenvalue weighted by atomic mass is 19.1. The Bertz CT molecular complexity index is 1450. The Hall–Kier alpha value is -3.79. The number of pyridine rings is 1. The first kappa shape index (κ1) is 20.6. The van der Waals surface area contributed by atoms with Gasteiger partial charge in [-0.25, -0.2) is 8.91 Å². The molecule has 3 saturated heterocycles. The number of ether oxygens (including phenoxy) is 1. The summed E-state index contributed by atoms with van der Waals surface area (Å²) in [4.78, 5) is 19.9. The average molecular weight is 474 g/mol. The van der Waals surface area contributed by atoms with Gasteiger partial charge in [-0.2, -0.15) is 10.1 Å². The van der Waals surface area contributed by atoms with Crippen molar-refractivity contribution in [3.63, 3.8) is 0 Å². The van der Waals surface area contributed by atoms with Gasteiger partial charge in [0.05, 0.1) is 35.4 Å². The summed E-state index contributed by atoms with van der Waals surface area (Å²) >= 11 is 0. The first-order valence-electron chi connectivity index (χ1n) is 11.8. The lowest BCUT2D eigenvalue weighted by Gasteiger charge is -2.48. The fraction of sp³-hybridized carbons (Fsp3) is 0.360. The number of hydrogen-bond acceptors (Lipinski definition) is 7. The van der Waals surface area contributed by atoms with Gasteiger partial charge in [0.1, 0.15) is 6.17 Å². The van der Waals surface area contributed by atoms with Gasteiger partial charge in [0.25, 0.3) is 5.91 Å². The minimum absolute atomic E-state index is 0.255. The van der Waals surface area contributed by atoms with Crippen molar-refractivity contribution in [1.82, 2.24) is 19.8 Å². The third-order valence-corrected chi connectivity index (χ3v) is 7.09. The number of rotatable bonds is 5. The lowest BCUT2D eigenvalue weighted by Crippen LogP contribution is -2.57. The Morgan fingerprint density at radius 1 is 1.17 bits per heavy atom. The number of aromatic nitrogens is 4. The second kappa shape index (κ2) is 7.61.